The van der Waals surface area contributed by atoms with Crippen LogP contribution in [0.3, 0.4) is 0 Å². The molecule has 138 valence electrons. The number of nitriles is 1. The molecule has 5 nitrogen and oxygen atoms in total. The van der Waals surface area contributed by atoms with Crippen LogP contribution < -0.4 is 10.6 Å². The number of carbonyl (C=O) groups is 2. The van der Waals surface area contributed by atoms with Crippen molar-refractivity contribution in [1.29, 1.82) is 5.26 Å². The second-order valence-electron chi connectivity index (χ2n) is 6.23. The van der Waals surface area contributed by atoms with Gasteiger partial charge in [-0.25, -0.2) is 0 Å². The van der Waals surface area contributed by atoms with E-state index in [2.05, 4.69) is 17.6 Å². The van der Waals surface area contributed by atoms with E-state index in [4.69, 9.17) is 5.26 Å². The Labute approximate surface area is 163 Å². The molecule has 0 aliphatic heterocycles. The fourth-order valence-corrected chi connectivity index (χ4v) is 2.66. The lowest BCUT2D eigenvalue weighted by Crippen LogP contribution is -2.15. The van der Waals surface area contributed by atoms with Crippen molar-refractivity contribution in [3.05, 3.63) is 95.1 Å². The van der Waals surface area contributed by atoms with Gasteiger partial charge in [0.1, 0.15) is 0 Å². The van der Waals surface area contributed by atoms with Crippen molar-refractivity contribution in [3.8, 4) is 6.07 Å². The van der Waals surface area contributed by atoms with Crippen LogP contribution in [0.25, 0.3) is 0 Å². The maximum atomic E-state index is 12.5. The van der Waals surface area contributed by atoms with Crippen molar-refractivity contribution in [2.45, 2.75) is 13.3 Å². The third-order valence-corrected chi connectivity index (χ3v) is 4.28. The van der Waals surface area contributed by atoms with E-state index in [9.17, 15) is 9.59 Å². The zero-order valence-electron chi connectivity index (χ0n) is 15.4. The molecule has 0 saturated heterocycles. The molecule has 5 heteroatoms. The number of hydrogen-bond acceptors (Lipinski definition) is 3. The van der Waals surface area contributed by atoms with E-state index in [1.54, 1.807) is 48.5 Å². The molecule has 2 amide bonds. The summed E-state index contributed by atoms with van der Waals surface area (Å²) in [4.78, 5) is 25.0. The molecule has 0 aliphatic rings. The Morgan fingerprint density at radius 2 is 1.32 bits per heavy atom. The quantitative estimate of drug-likeness (QED) is 0.688. The summed E-state index contributed by atoms with van der Waals surface area (Å²) in [6, 6.07) is 22.8. The number of anilines is 2. The first kappa shape index (κ1) is 18.9. The lowest BCUT2D eigenvalue weighted by Gasteiger charge is -2.09. The average Bonchev–Trinajstić information content (AvgIpc) is 2.75. The Bertz CT molecular complexity index is 1030. The Hall–Kier alpha value is -3.91. The smallest absolute Gasteiger partial charge is 0.255 e. The van der Waals surface area contributed by atoms with E-state index in [0.717, 1.165) is 6.42 Å². The number of nitrogens with one attached hydrogen (secondary N) is 2. The molecule has 0 fully saturated rings. The van der Waals surface area contributed by atoms with E-state index in [1.807, 2.05) is 30.3 Å². The first-order valence-corrected chi connectivity index (χ1v) is 8.91. The van der Waals surface area contributed by atoms with Crippen LogP contribution in [0.5, 0.6) is 0 Å². The topological polar surface area (TPSA) is 82.0 Å². The van der Waals surface area contributed by atoms with Crippen LogP contribution in [0.4, 0.5) is 11.4 Å². The molecular weight excluding hydrogens is 350 g/mol. The van der Waals surface area contributed by atoms with Gasteiger partial charge in [-0.1, -0.05) is 25.1 Å². The first-order chi connectivity index (χ1) is 13.6. The van der Waals surface area contributed by atoms with E-state index in [1.165, 1.54) is 5.56 Å². The molecule has 2 N–H and O–H groups in total. The normalized spacial score (nSPS) is 10.0. The number of amides is 2. The van der Waals surface area contributed by atoms with Gasteiger partial charge in [0.15, 0.2) is 0 Å². The fraction of sp³-hybridized carbons (Fsp3) is 0.0870. The molecule has 0 unspecified atom stereocenters. The molecule has 0 atom stereocenters. The first-order valence-electron chi connectivity index (χ1n) is 8.91. The van der Waals surface area contributed by atoms with Crippen LogP contribution in [0.1, 0.15) is 38.8 Å². The van der Waals surface area contributed by atoms with Crippen molar-refractivity contribution in [2.75, 3.05) is 10.6 Å². The average molecular weight is 369 g/mol. The minimum Gasteiger partial charge on any atom is -0.322 e. The van der Waals surface area contributed by atoms with E-state index < -0.39 is 0 Å². The highest BCUT2D eigenvalue weighted by molar-refractivity contribution is 6.08. The number of benzene rings is 3. The SMILES string of the molecule is CCc1ccc(NC(=O)c2cccc(C(=O)Nc3ccc(C#N)cc3)c2)cc1. The lowest BCUT2D eigenvalue weighted by atomic mass is 10.1. The van der Waals surface area contributed by atoms with Gasteiger partial charge in [0.2, 0.25) is 0 Å². The molecule has 0 bridgehead atoms. The minimum atomic E-state index is -0.327. The molecule has 0 aliphatic carbocycles. The summed E-state index contributed by atoms with van der Waals surface area (Å²) in [6.07, 6.45) is 0.935. The molecule has 0 spiro atoms. The highest BCUT2D eigenvalue weighted by atomic mass is 16.2. The molecule has 0 aromatic heterocycles. The van der Waals surface area contributed by atoms with Crippen LogP contribution in [-0.2, 0) is 6.42 Å². The standard InChI is InChI=1S/C23H19N3O2/c1-2-16-6-10-20(11-7-16)25-22(27)18-4-3-5-19(14-18)23(28)26-21-12-8-17(15-24)9-13-21/h3-14H,2H2,1H3,(H,25,27)(H,26,28). The van der Waals surface area contributed by atoms with Crippen LogP contribution >= 0.6 is 0 Å². The van der Waals surface area contributed by atoms with Gasteiger partial charge in [0.05, 0.1) is 11.6 Å². The van der Waals surface area contributed by atoms with E-state index in [-0.39, 0.29) is 11.8 Å². The number of rotatable bonds is 5. The van der Waals surface area contributed by atoms with Crippen molar-refractivity contribution in [1.82, 2.24) is 0 Å². The molecule has 0 heterocycles. The Morgan fingerprint density at radius 1 is 0.821 bits per heavy atom. The monoisotopic (exact) mass is 369 g/mol. The number of hydrogen-bond donors (Lipinski definition) is 2. The van der Waals surface area contributed by atoms with Gasteiger partial charge in [-0.15, -0.1) is 0 Å². The Balaban J connectivity index is 1.70. The summed E-state index contributed by atoms with van der Waals surface area (Å²) in [5.41, 5.74) is 3.76. The molecule has 0 saturated carbocycles. The van der Waals surface area contributed by atoms with Crippen molar-refractivity contribution >= 4 is 23.2 Å². The number of carbonyl (C=O) groups excluding carboxylic acids is 2. The molecule has 3 rings (SSSR count). The second kappa shape index (κ2) is 8.65. The predicted molar refractivity (Wildman–Crippen MR) is 109 cm³/mol. The van der Waals surface area contributed by atoms with Crippen molar-refractivity contribution in [3.63, 3.8) is 0 Å². The van der Waals surface area contributed by atoms with Crippen molar-refractivity contribution in [2.24, 2.45) is 0 Å². The number of nitrogens with zero attached hydrogens (tertiary/aromatic N) is 1. The van der Waals surface area contributed by atoms with Crippen LogP contribution in [0.15, 0.2) is 72.8 Å². The Kier molecular flexibility index (Phi) is 5.83. The van der Waals surface area contributed by atoms with E-state index in [0.29, 0.717) is 28.1 Å². The van der Waals surface area contributed by atoms with Gasteiger partial charge >= 0.3 is 0 Å². The summed E-state index contributed by atoms with van der Waals surface area (Å²) in [7, 11) is 0. The van der Waals surface area contributed by atoms with Crippen LogP contribution in [-0.4, -0.2) is 11.8 Å². The molecular formula is C23H19N3O2. The van der Waals surface area contributed by atoms with Gasteiger partial charge in [-0.05, 0) is 66.6 Å². The third kappa shape index (κ3) is 4.63. The molecule has 0 radical (unpaired) electrons. The number of aryl methyl sites for hydroxylation is 1. The summed E-state index contributed by atoms with van der Waals surface area (Å²) >= 11 is 0. The van der Waals surface area contributed by atoms with Gasteiger partial charge in [0.25, 0.3) is 11.8 Å². The van der Waals surface area contributed by atoms with Gasteiger partial charge in [0, 0.05) is 22.5 Å². The maximum absolute atomic E-state index is 12.5. The van der Waals surface area contributed by atoms with E-state index >= 15 is 0 Å². The second-order valence-corrected chi connectivity index (χ2v) is 6.23. The van der Waals surface area contributed by atoms with Gasteiger partial charge < -0.3 is 10.6 Å². The summed E-state index contributed by atoms with van der Waals surface area (Å²) < 4.78 is 0. The molecule has 28 heavy (non-hydrogen) atoms. The summed E-state index contributed by atoms with van der Waals surface area (Å²) in [5.74, 6) is -0.607. The highest BCUT2D eigenvalue weighted by Crippen LogP contribution is 2.15. The fourth-order valence-electron chi connectivity index (χ4n) is 2.66. The zero-order valence-corrected chi connectivity index (χ0v) is 15.4. The van der Waals surface area contributed by atoms with Crippen LogP contribution in [0, 0.1) is 11.3 Å². The third-order valence-electron chi connectivity index (χ3n) is 4.28. The van der Waals surface area contributed by atoms with Crippen LogP contribution in [0.2, 0.25) is 0 Å². The van der Waals surface area contributed by atoms with Crippen molar-refractivity contribution < 1.29 is 9.59 Å². The van der Waals surface area contributed by atoms with Gasteiger partial charge in [-0.3, -0.25) is 9.59 Å². The maximum Gasteiger partial charge on any atom is 0.255 e. The lowest BCUT2D eigenvalue weighted by molar-refractivity contribution is 0.102. The zero-order chi connectivity index (χ0) is 19.9. The highest BCUT2D eigenvalue weighted by Gasteiger charge is 2.11. The largest absolute Gasteiger partial charge is 0.322 e. The molecule has 3 aromatic carbocycles. The minimum absolute atomic E-state index is 0.280. The van der Waals surface area contributed by atoms with Gasteiger partial charge in [-0.2, -0.15) is 5.26 Å². The predicted octanol–water partition coefficient (Wildman–Crippen LogP) is 4.63. The molecule has 3 aromatic rings. The summed E-state index contributed by atoms with van der Waals surface area (Å²) in [5, 5.41) is 14.4. The Morgan fingerprint density at radius 3 is 1.79 bits per heavy atom. The summed E-state index contributed by atoms with van der Waals surface area (Å²) in [6.45, 7) is 2.07.